The Morgan fingerprint density at radius 3 is 2.55 bits per heavy atom. The molecule has 8 nitrogen and oxygen atoms in total. The summed E-state index contributed by atoms with van der Waals surface area (Å²) in [6.07, 6.45) is 1.74. The molecule has 0 aliphatic carbocycles. The van der Waals surface area contributed by atoms with E-state index in [4.69, 9.17) is 4.74 Å². The summed E-state index contributed by atoms with van der Waals surface area (Å²) in [7, 11) is 0. The van der Waals surface area contributed by atoms with E-state index in [9.17, 15) is 19.7 Å². The van der Waals surface area contributed by atoms with Crippen LogP contribution in [0.2, 0.25) is 0 Å². The molecule has 0 fully saturated rings. The molecule has 0 unspecified atom stereocenters. The fourth-order valence-corrected chi connectivity index (χ4v) is 2.79. The molecule has 0 saturated heterocycles. The number of nitro groups is 1. The molecule has 0 aliphatic heterocycles. The summed E-state index contributed by atoms with van der Waals surface area (Å²) in [6, 6.07) is 13.4. The third-order valence-electron chi connectivity index (χ3n) is 4.22. The Morgan fingerprint density at radius 2 is 1.90 bits per heavy atom. The third kappa shape index (κ3) is 6.91. The molecule has 1 amide bonds. The van der Waals surface area contributed by atoms with Crippen LogP contribution in [-0.2, 0) is 16.1 Å². The van der Waals surface area contributed by atoms with E-state index < -0.39 is 23.4 Å². The van der Waals surface area contributed by atoms with Gasteiger partial charge in [-0.1, -0.05) is 43.7 Å². The predicted molar refractivity (Wildman–Crippen MR) is 110 cm³/mol. The quantitative estimate of drug-likeness (QED) is 0.358. The summed E-state index contributed by atoms with van der Waals surface area (Å²) >= 11 is 0. The number of non-ortho nitro benzene ring substituents is 1. The second-order valence-corrected chi connectivity index (χ2v) is 6.66. The van der Waals surface area contributed by atoms with Gasteiger partial charge in [-0.25, -0.2) is 4.79 Å². The number of ether oxygens (including phenoxy) is 1. The normalized spacial score (nSPS) is 11.4. The molecule has 0 heterocycles. The Morgan fingerprint density at radius 1 is 1.17 bits per heavy atom. The van der Waals surface area contributed by atoms with Crippen LogP contribution in [0.25, 0.3) is 0 Å². The van der Waals surface area contributed by atoms with Gasteiger partial charge in [-0.15, -0.1) is 0 Å². The topological polar surface area (TPSA) is 111 Å². The largest absolute Gasteiger partial charge is 0.452 e. The molecule has 0 radical (unpaired) electrons. The van der Waals surface area contributed by atoms with Crippen LogP contribution in [0.4, 0.5) is 11.4 Å². The van der Waals surface area contributed by atoms with Gasteiger partial charge in [0.2, 0.25) is 0 Å². The minimum atomic E-state index is -0.803. The highest BCUT2D eigenvalue weighted by Gasteiger charge is 2.19. The van der Waals surface area contributed by atoms with Crippen LogP contribution in [0.3, 0.4) is 0 Å². The van der Waals surface area contributed by atoms with Crippen LogP contribution in [0.1, 0.15) is 42.6 Å². The molecule has 2 N–H and O–H groups in total. The zero-order chi connectivity index (χ0) is 21.2. The number of amides is 1. The first-order chi connectivity index (χ1) is 13.9. The Balaban J connectivity index is 2.08. The van der Waals surface area contributed by atoms with Crippen molar-refractivity contribution in [1.29, 1.82) is 0 Å². The first-order valence-corrected chi connectivity index (χ1v) is 9.43. The maximum absolute atomic E-state index is 12.5. The van der Waals surface area contributed by atoms with Gasteiger partial charge in [0.15, 0.2) is 6.61 Å². The number of nitrogens with one attached hydrogen (secondary N) is 2. The summed E-state index contributed by atoms with van der Waals surface area (Å²) in [6.45, 7) is 3.85. The Hall–Kier alpha value is -3.42. The smallest absolute Gasteiger partial charge is 0.341 e. The van der Waals surface area contributed by atoms with Crippen molar-refractivity contribution in [3.05, 3.63) is 69.8 Å². The molecule has 154 valence electrons. The van der Waals surface area contributed by atoms with Crippen LogP contribution >= 0.6 is 0 Å². The number of nitro benzene ring substituents is 1. The van der Waals surface area contributed by atoms with Crippen LogP contribution in [0.15, 0.2) is 48.5 Å². The second kappa shape index (κ2) is 10.8. The molecule has 0 spiro atoms. The average molecular weight is 399 g/mol. The Labute approximate surface area is 169 Å². The molecule has 8 heteroatoms. The standard InChI is InChI=1S/C21H25N3O5/c1-3-7-15(2)23-20(25)14-29-21(26)18-12-17(24(27)28)10-11-19(18)22-13-16-8-5-4-6-9-16/h4-6,8-12,15,22H,3,7,13-14H2,1-2H3,(H,23,25)/t15-/m1/s1. The van der Waals surface area contributed by atoms with Crippen molar-refractivity contribution in [3.63, 3.8) is 0 Å². The monoisotopic (exact) mass is 399 g/mol. The van der Waals surface area contributed by atoms with Gasteiger partial charge >= 0.3 is 5.97 Å². The van der Waals surface area contributed by atoms with E-state index in [2.05, 4.69) is 10.6 Å². The van der Waals surface area contributed by atoms with Gasteiger partial charge in [-0.2, -0.15) is 0 Å². The molecule has 0 aromatic heterocycles. The van der Waals surface area contributed by atoms with Crippen molar-refractivity contribution in [2.75, 3.05) is 11.9 Å². The van der Waals surface area contributed by atoms with Crippen molar-refractivity contribution >= 4 is 23.3 Å². The molecule has 2 aromatic rings. The lowest BCUT2D eigenvalue weighted by molar-refractivity contribution is -0.384. The number of rotatable bonds is 10. The van der Waals surface area contributed by atoms with Crippen molar-refractivity contribution in [2.24, 2.45) is 0 Å². The van der Waals surface area contributed by atoms with Gasteiger partial charge in [0.25, 0.3) is 11.6 Å². The summed E-state index contributed by atoms with van der Waals surface area (Å²) in [5, 5.41) is 16.9. The van der Waals surface area contributed by atoms with Crippen LogP contribution in [0.5, 0.6) is 0 Å². The van der Waals surface area contributed by atoms with Gasteiger partial charge in [0.05, 0.1) is 10.5 Å². The lowest BCUT2D eigenvalue weighted by atomic mass is 10.1. The summed E-state index contributed by atoms with van der Waals surface area (Å²) in [5.74, 6) is -1.22. The highest BCUT2D eigenvalue weighted by atomic mass is 16.6. The van der Waals surface area contributed by atoms with Gasteiger partial charge in [-0.05, 0) is 25.0 Å². The number of carbonyl (C=O) groups excluding carboxylic acids is 2. The molecule has 0 aliphatic rings. The van der Waals surface area contributed by atoms with Crippen molar-refractivity contribution in [2.45, 2.75) is 39.3 Å². The van der Waals surface area contributed by atoms with Crippen LogP contribution < -0.4 is 10.6 Å². The minimum absolute atomic E-state index is 0.00420. The van der Waals surface area contributed by atoms with Crippen molar-refractivity contribution in [1.82, 2.24) is 5.32 Å². The SMILES string of the molecule is CCC[C@@H](C)NC(=O)COC(=O)c1cc([N+](=O)[O-])ccc1NCc1ccccc1. The minimum Gasteiger partial charge on any atom is -0.452 e. The first-order valence-electron chi connectivity index (χ1n) is 9.43. The van der Waals surface area contributed by atoms with E-state index in [1.54, 1.807) is 0 Å². The highest BCUT2D eigenvalue weighted by molar-refractivity contribution is 5.97. The van der Waals surface area contributed by atoms with E-state index in [0.717, 1.165) is 24.5 Å². The van der Waals surface area contributed by atoms with E-state index in [-0.39, 0.29) is 17.3 Å². The van der Waals surface area contributed by atoms with Gasteiger partial charge in [-0.3, -0.25) is 14.9 Å². The number of nitrogens with zero attached hydrogens (tertiary/aromatic N) is 1. The second-order valence-electron chi connectivity index (χ2n) is 6.66. The molecular weight excluding hydrogens is 374 g/mol. The molecule has 29 heavy (non-hydrogen) atoms. The Kier molecular flexibility index (Phi) is 8.14. The third-order valence-corrected chi connectivity index (χ3v) is 4.22. The van der Waals surface area contributed by atoms with Gasteiger partial charge in [0.1, 0.15) is 0 Å². The van der Waals surface area contributed by atoms with Gasteiger partial charge in [0, 0.05) is 30.4 Å². The number of anilines is 1. The maximum atomic E-state index is 12.5. The molecule has 0 saturated carbocycles. The van der Waals surface area contributed by atoms with E-state index in [1.165, 1.54) is 12.1 Å². The fourth-order valence-electron chi connectivity index (χ4n) is 2.79. The van der Waals surface area contributed by atoms with E-state index in [0.29, 0.717) is 12.2 Å². The molecule has 0 bridgehead atoms. The lowest BCUT2D eigenvalue weighted by Gasteiger charge is -2.14. The summed E-state index contributed by atoms with van der Waals surface area (Å²) in [5.41, 5.74) is 1.14. The molecule has 2 aromatic carbocycles. The zero-order valence-corrected chi connectivity index (χ0v) is 16.5. The van der Waals surface area contributed by atoms with Crippen LogP contribution in [-0.4, -0.2) is 29.4 Å². The number of benzene rings is 2. The molecule has 1 atom stereocenters. The van der Waals surface area contributed by atoms with Crippen molar-refractivity contribution in [3.8, 4) is 0 Å². The summed E-state index contributed by atoms with van der Waals surface area (Å²) < 4.78 is 5.08. The Bertz CT molecular complexity index is 855. The van der Waals surface area contributed by atoms with Crippen LogP contribution in [0, 0.1) is 10.1 Å². The average Bonchev–Trinajstić information content (AvgIpc) is 2.71. The number of carbonyl (C=O) groups is 2. The van der Waals surface area contributed by atoms with Gasteiger partial charge < -0.3 is 15.4 Å². The first kappa shape index (κ1) is 21.9. The number of hydrogen-bond acceptors (Lipinski definition) is 6. The number of hydrogen-bond donors (Lipinski definition) is 2. The van der Waals surface area contributed by atoms with Crippen molar-refractivity contribution < 1.29 is 19.2 Å². The maximum Gasteiger partial charge on any atom is 0.341 e. The summed E-state index contributed by atoms with van der Waals surface area (Å²) in [4.78, 5) is 34.9. The fraction of sp³-hybridized carbons (Fsp3) is 0.333. The predicted octanol–water partition coefficient (Wildman–Crippen LogP) is 3.67. The zero-order valence-electron chi connectivity index (χ0n) is 16.5. The number of esters is 1. The lowest BCUT2D eigenvalue weighted by Crippen LogP contribution is -2.35. The van der Waals surface area contributed by atoms with E-state index >= 15 is 0 Å². The molecule has 2 rings (SSSR count). The highest BCUT2D eigenvalue weighted by Crippen LogP contribution is 2.23. The molecular formula is C21H25N3O5. The van der Waals surface area contributed by atoms with E-state index in [1.807, 2.05) is 44.2 Å².